The first kappa shape index (κ1) is 12.2. The number of carbonyl (C=O) groups is 3. The van der Waals surface area contributed by atoms with Crippen molar-refractivity contribution >= 4 is 23.4 Å². The van der Waals surface area contributed by atoms with Crippen LogP contribution in [0.2, 0.25) is 0 Å². The van der Waals surface area contributed by atoms with Gasteiger partial charge >= 0.3 is 0 Å². The molecular weight excluding hydrogens is 382 g/mol. The number of nitrogens with zero attached hydrogens (tertiary/aromatic N) is 3. The molecule has 2 fully saturated rings. The molecule has 2 saturated heterocycles. The highest BCUT2D eigenvalue weighted by Crippen LogP contribution is 2.36. The third-order valence-corrected chi connectivity index (χ3v) is 5.01. The van der Waals surface area contributed by atoms with Crippen LogP contribution >= 0.6 is 0 Å². The Labute approximate surface area is 178 Å². The molecule has 0 bridgehead atoms. The predicted octanol–water partition coefficient (Wildman–Crippen LogP) is 1.26. The van der Waals surface area contributed by atoms with E-state index in [-0.39, 0.29) is 17.7 Å². The number of hydrogen-bond donors (Lipinski definition) is 1. The minimum absolute atomic E-state index is 0.0941. The van der Waals surface area contributed by atoms with Crippen LogP contribution in [-0.4, -0.2) is 65.6 Å². The van der Waals surface area contributed by atoms with Gasteiger partial charge in [-0.25, -0.2) is 8.78 Å². The number of fused-ring (bicyclic) bond motifs is 1. The van der Waals surface area contributed by atoms with E-state index in [1.54, 1.807) is 0 Å². The molecule has 0 saturated carbocycles. The molecule has 3 heterocycles. The van der Waals surface area contributed by atoms with E-state index in [2.05, 4.69) is 0 Å². The van der Waals surface area contributed by atoms with Crippen molar-refractivity contribution in [2.24, 2.45) is 0 Å². The fraction of sp³-hybridized carbons (Fsp3) is 0.550. The number of piperazine rings is 1. The molecule has 1 aromatic rings. The molecule has 0 aromatic heterocycles. The second kappa shape index (κ2) is 7.37. The molecule has 3 aliphatic rings. The lowest BCUT2D eigenvalue weighted by molar-refractivity contribution is -0.136. The van der Waals surface area contributed by atoms with Gasteiger partial charge in [-0.05, 0) is 20.3 Å². The monoisotopic (exact) mass is 414 g/mol. The van der Waals surface area contributed by atoms with E-state index < -0.39 is 90.8 Å². The van der Waals surface area contributed by atoms with Crippen LogP contribution in [0.15, 0.2) is 6.07 Å². The van der Waals surface area contributed by atoms with Crippen molar-refractivity contribution in [1.29, 1.82) is 0 Å². The average Bonchev–Trinajstić information content (AvgIpc) is 3.07. The number of imide groups is 1. The first-order valence-corrected chi connectivity index (χ1v) is 9.05. The number of nitrogens with one attached hydrogen (secondary N) is 1. The second-order valence-corrected chi connectivity index (χ2v) is 7.19. The summed E-state index contributed by atoms with van der Waals surface area (Å²) in [6.45, 7) is -11.3. The van der Waals surface area contributed by atoms with Crippen molar-refractivity contribution in [2.45, 2.75) is 45.3 Å². The fourth-order valence-corrected chi connectivity index (χ4v) is 3.47. The Hall–Kier alpha value is -2.55. The summed E-state index contributed by atoms with van der Waals surface area (Å²) in [4.78, 5) is 37.8. The van der Waals surface area contributed by atoms with Gasteiger partial charge in [0.25, 0.3) is 5.91 Å². The van der Waals surface area contributed by atoms with Crippen LogP contribution in [0.1, 0.15) is 53.6 Å². The zero-order valence-corrected chi connectivity index (χ0v) is 15.7. The largest absolute Gasteiger partial charge is 0.367 e. The highest BCUT2D eigenvalue weighted by Gasteiger charge is 2.42. The van der Waals surface area contributed by atoms with Gasteiger partial charge in [-0.3, -0.25) is 24.6 Å². The van der Waals surface area contributed by atoms with E-state index >= 15 is 8.78 Å². The first-order chi connectivity index (χ1) is 16.8. The molecule has 1 atom stereocenters. The minimum atomic E-state index is -3.43. The van der Waals surface area contributed by atoms with Crippen LogP contribution in [0.4, 0.5) is 14.5 Å². The molecule has 3 amide bonds. The van der Waals surface area contributed by atoms with Crippen LogP contribution < -0.4 is 10.2 Å². The van der Waals surface area contributed by atoms with E-state index in [0.717, 1.165) is 4.90 Å². The van der Waals surface area contributed by atoms with Gasteiger partial charge in [0, 0.05) is 55.6 Å². The molecule has 0 spiro atoms. The zero-order chi connectivity index (χ0) is 28.0. The molecule has 3 aliphatic heterocycles. The highest BCUT2D eigenvalue weighted by molar-refractivity contribution is 6.05. The summed E-state index contributed by atoms with van der Waals surface area (Å²) in [5, 5.41) is 2.04. The van der Waals surface area contributed by atoms with Gasteiger partial charge in [0.2, 0.25) is 11.8 Å². The zero-order valence-electron chi connectivity index (χ0n) is 23.7. The van der Waals surface area contributed by atoms with Crippen LogP contribution in [0.25, 0.3) is 0 Å². The summed E-state index contributed by atoms with van der Waals surface area (Å²) < 4.78 is 98.4. The van der Waals surface area contributed by atoms with Crippen molar-refractivity contribution in [2.75, 3.05) is 30.9 Å². The van der Waals surface area contributed by atoms with Gasteiger partial charge in [-0.1, -0.05) is 0 Å². The standard InChI is InChI=1S/C20H24F2N4O3/c1-11(2)24-5-7-25(8-6-24)15-9-13(21)17-12(18(15)22)10-26(20(17)29)14-3-4-16(27)23-19(14)28/h9,11,14H,3-8,10H2,1-2H3,(H,23,27,28)/t14-/m0/s1/i5D2,6D2,7D2,8D2. The topological polar surface area (TPSA) is 73.0 Å². The molecule has 0 unspecified atom stereocenters. The summed E-state index contributed by atoms with van der Waals surface area (Å²) in [5.74, 6) is -5.31. The molecule has 7 nitrogen and oxygen atoms in total. The molecule has 29 heavy (non-hydrogen) atoms. The van der Waals surface area contributed by atoms with Crippen LogP contribution in [0.5, 0.6) is 0 Å². The maximum absolute atomic E-state index is 15.9. The number of halogens is 2. The molecule has 1 N–H and O–H groups in total. The van der Waals surface area contributed by atoms with Crippen LogP contribution in [-0.2, 0) is 16.1 Å². The maximum Gasteiger partial charge on any atom is 0.258 e. The molecule has 4 rings (SSSR count). The number of carbonyl (C=O) groups excluding carboxylic acids is 3. The summed E-state index contributed by atoms with van der Waals surface area (Å²) in [7, 11) is 0. The van der Waals surface area contributed by atoms with Crippen molar-refractivity contribution in [3.8, 4) is 0 Å². The first-order valence-electron chi connectivity index (χ1n) is 13.1. The van der Waals surface area contributed by atoms with Gasteiger partial charge in [0.05, 0.1) is 23.3 Å². The lowest BCUT2D eigenvalue weighted by Gasteiger charge is -2.38. The summed E-state index contributed by atoms with van der Waals surface area (Å²) >= 11 is 0. The Bertz CT molecular complexity index is 1180. The number of rotatable bonds is 3. The Balaban J connectivity index is 1.86. The summed E-state index contributed by atoms with van der Waals surface area (Å²) in [6, 6.07) is -1.92. The number of hydrogen-bond acceptors (Lipinski definition) is 5. The lowest BCUT2D eigenvalue weighted by atomic mass is 10.0. The Morgan fingerprint density at radius 1 is 1.17 bits per heavy atom. The number of anilines is 1. The molecule has 0 aliphatic carbocycles. The molecule has 9 heteroatoms. The predicted molar refractivity (Wildman–Crippen MR) is 101 cm³/mol. The second-order valence-electron chi connectivity index (χ2n) is 7.19. The Morgan fingerprint density at radius 2 is 1.86 bits per heavy atom. The van der Waals surface area contributed by atoms with Gasteiger partial charge < -0.3 is 9.80 Å². The number of amides is 3. The molecular formula is C20H24F2N4O3. The van der Waals surface area contributed by atoms with Crippen molar-refractivity contribution < 1.29 is 34.1 Å². The summed E-state index contributed by atoms with van der Waals surface area (Å²) in [6.07, 6.45) is -0.208. The molecule has 156 valence electrons. The SMILES string of the molecule is [2H]C1([2H])N(c2cc(F)c3c(c2F)CN([C@H]2CCC(=O)NC2=O)C3=O)C([2H])([2H])C([2H])([2H])N(C(C)C)C1([2H])[2H]. The van der Waals surface area contributed by atoms with Gasteiger partial charge in [-0.15, -0.1) is 0 Å². The normalized spacial score (nSPS) is 34.1. The van der Waals surface area contributed by atoms with Crippen molar-refractivity contribution in [3.63, 3.8) is 0 Å². The van der Waals surface area contributed by atoms with E-state index in [0.29, 0.717) is 11.0 Å². The van der Waals surface area contributed by atoms with Gasteiger partial charge in [0.15, 0.2) is 5.82 Å². The number of piperidine rings is 1. The third kappa shape index (κ3) is 3.37. The van der Waals surface area contributed by atoms with E-state index in [9.17, 15) is 14.4 Å². The average molecular weight is 414 g/mol. The summed E-state index contributed by atoms with van der Waals surface area (Å²) in [5.41, 5.74) is -2.51. The molecule has 0 radical (unpaired) electrons. The van der Waals surface area contributed by atoms with Gasteiger partial charge in [-0.2, -0.15) is 0 Å². The smallest absolute Gasteiger partial charge is 0.258 e. The van der Waals surface area contributed by atoms with Crippen LogP contribution in [0, 0.1) is 11.6 Å². The van der Waals surface area contributed by atoms with Crippen LogP contribution in [0.3, 0.4) is 0 Å². The Morgan fingerprint density at radius 3 is 2.48 bits per heavy atom. The minimum Gasteiger partial charge on any atom is -0.367 e. The third-order valence-electron chi connectivity index (χ3n) is 5.01. The fourth-order valence-electron chi connectivity index (χ4n) is 3.47. The van der Waals surface area contributed by atoms with E-state index in [1.807, 2.05) is 5.32 Å². The maximum atomic E-state index is 15.9. The highest BCUT2D eigenvalue weighted by atomic mass is 19.1. The van der Waals surface area contributed by atoms with E-state index in [4.69, 9.17) is 11.0 Å². The van der Waals surface area contributed by atoms with Gasteiger partial charge in [0.1, 0.15) is 11.9 Å². The molecule has 1 aromatic carbocycles. The Kier molecular flexibility index (Phi) is 3.10. The van der Waals surface area contributed by atoms with Crippen molar-refractivity contribution in [3.05, 3.63) is 28.8 Å². The quantitative estimate of drug-likeness (QED) is 0.754. The van der Waals surface area contributed by atoms with Crippen molar-refractivity contribution in [1.82, 2.24) is 15.1 Å². The van der Waals surface area contributed by atoms with E-state index in [1.165, 1.54) is 13.8 Å². The number of benzene rings is 1. The lowest BCUT2D eigenvalue weighted by Crippen LogP contribution is -2.52.